The smallest absolute Gasteiger partial charge is 0.130 e. The second-order valence-electron chi connectivity index (χ2n) is 5.20. The Balaban J connectivity index is 2.27. The molecule has 3 nitrogen and oxygen atoms in total. The zero-order valence-corrected chi connectivity index (χ0v) is 12.6. The Kier molecular flexibility index (Phi) is 4.98. The highest BCUT2D eigenvalue weighted by Crippen LogP contribution is 2.31. The molecule has 2 atom stereocenters. The Labute approximate surface area is 124 Å². The van der Waals surface area contributed by atoms with Gasteiger partial charge in [0.2, 0.25) is 0 Å². The van der Waals surface area contributed by atoms with E-state index in [1.54, 1.807) is 12.1 Å². The molecule has 0 radical (unpaired) electrons. The fourth-order valence-corrected chi connectivity index (χ4v) is 3.01. The highest BCUT2D eigenvalue weighted by Gasteiger charge is 2.31. The van der Waals surface area contributed by atoms with E-state index in [0.29, 0.717) is 16.6 Å². The molecule has 0 aliphatic carbocycles. The summed E-state index contributed by atoms with van der Waals surface area (Å²) in [5.41, 5.74) is 0.302. The van der Waals surface area contributed by atoms with Crippen LogP contribution in [-0.2, 0) is 0 Å². The number of nitriles is 1. The molecule has 108 valence electrons. The van der Waals surface area contributed by atoms with Crippen molar-refractivity contribution < 1.29 is 4.39 Å². The first-order chi connectivity index (χ1) is 9.58. The molecule has 5 heteroatoms. The molecule has 1 fully saturated rings. The molecule has 2 rings (SSSR count). The van der Waals surface area contributed by atoms with Crippen molar-refractivity contribution >= 4 is 11.6 Å². The van der Waals surface area contributed by atoms with Crippen LogP contribution in [0.4, 0.5) is 4.39 Å². The Hall–Kier alpha value is -1.15. The lowest BCUT2D eigenvalue weighted by atomic mass is 10.0. The second kappa shape index (κ2) is 6.53. The molecule has 0 bridgehead atoms. The first kappa shape index (κ1) is 15.2. The third-order valence-corrected chi connectivity index (χ3v) is 4.37. The van der Waals surface area contributed by atoms with Crippen LogP contribution in [0.2, 0.25) is 5.02 Å². The van der Waals surface area contributed by atoms with Crippen molar-refractivity contribution in [2.75, 3.05) is 26.7 Å². The third-order valence-electron chi connectivity index (χ3n) is 4.04. The molecule has 1 heterocycles. The normalized spacial score (nSPS) is 22.4. The van der Waals surface area contributed by atoms with Gasteiger partial charge < -0.3 is 4.90 Å². The number of piperazine rings is 1. The first-order valence-corrected chi connectivity index (χ1v) is 7.24. The van der Waals surface area contributed by atoms with Crippen LogP contribution < -0.4 is 0 Å². The van der Waals surface area contributed by atoms with E-state index in [2.05, 4.69) is 24.9 Å². The zero-order valence-electron chi connectivity index (χ0n) is 11.8. The number of benzene rings is 1. The van der Waals surface area contributed by atoms with Gasteiger partial charge in [0.15, 0.2) is 0 Å². The lowest BCUT2D eigenvalue weighted by Gasteiger charge is -2.41. The number of nitrogens with zero attached hydrogens (tertiary/aromatic N) is 3. The van der Waals surface area contributed by atoms with E-state index in [4.69, 9.17) is 11.6 Å². The van der Waals surface area contributed by atoms with Gasteiger partial charge in [-0.15, -0.1) is 0 Å². The number of hydrogen-bond acceptors (Lipinski definition) is 3. The highest BCUT2D eigenvalue weighted by molar-refractivity contribution is 6.31. The van der Waals surface area contributed by atoms with Crippen molar-refractivity contribution in [1.29, 1.82) is 5.26 Å². The van der Waals surface area contributed by atoms with Crippen LogP contribution in [0.25, 0.3) is 0 Å². The minimum atomic E-state index is -0.619. The predicted molar refractivity (Wildman–Crippen MR) is 78.0 cm³/mol. The molecule has 0 aromatic heterocycles. The van der Waals surface area contributed by atoms with Crippen LogP contribution in [-0.4, -0.2) is 42.5 Å². The summed E-state index contributed by atoms with van der Waals surface area (Å²) >= 11 is 6.09. The second-order valence-corrected chi connectivity index (χ2v) is 5.61. The van der Waals surface area contributed by atoms with Gasteiger partial charge in [-0.05, 0) is 25.6 Å². The van der Waals surface area contributed by atoms with Crippen LogP contribution in [0.5, 0.6) is 0 Å². The monoisotopic (exact) mass is 295 g/mol. The van der Waals surface area contributed by atoms with Crippen molar-refractivity contribution in [1.82, 2.24) is 9.80 Å². The summed E-state index contributed by atoms with van der Waals surface area (Å²) in [6.45, 7) is 4.51. The average Bonchev–Trinajstić information content (AvgIpc) is 2.44. The largest absolute Gasteiger partial charge is 0.301 e. The van der Waals surface area contributed by atoms with Crippen LogP contribution in [0.1, 0.15) is 24.9 Å². The van der Waals surface area contributed by atoms with Crippen molar-refractivity contribution in [3.8, 4) is 6.07 Å². The maximum atomic E-state index is 14.0. The van der Waals surface area contributed by atoms with Gasteiger partial charge in [-0.1, -0.05) is 24.6 Å². The minimum absolute atomic E-state index is 0.302. The molecule has 1 aliphatic rings. The topological polar surface area (TPSA) is 30.3 Å². The SMILES string of the molecule is CCC1CN(C(C#N)c2c(F)cccc2Cl)CCN1C. The Morgan fingerprint density at radius 2 is 2.25 bits per heavy atom. The summed E-state index contributed by atoms with van der Waals surface area (Å²) in [6, 6.07) is 6.55. The van der Waals surface area contributed by atoms with Crippen LogP contribution in [0, 0.1) is 17.1 Å². The highest BCUT2D eigenvalue weighted by atomic mass is 35.5. The quantitative estimate of drug-likeness (QED) is 0.858. The lowest BCUT2D eigenvalue weighted by molar-refractivity contribution is 0.0764. The fraction of sp³-hybridized carbons (Fsp3) is 0.533. The van der Waals surface area contributed by atoms with E-state index in [0.717, 1.165) is 26.1 Å². The van der Waals surface area contributed by atoms with E-state index in [1.165, 1.54) is 6.07 Å². The van der Waals surface area contributed by atoms with Crippen LogP contribution in [0.3, 0.4) is 0 Å². The number of hydrogen-bond donors (Lipinski definition) is 0. The zero-order chi connectivity index (χ0) is 14.7. The van der Waals surface area contributed by atoms with Crippen molar-refractivity contribution in [2.24, 2.45) is 0 Å². The van der Waals surface area contributed by atoms with Crippen LogP contribution >= 0.6 is 11.6 Å². The van der Waals surface area contributed by atoms with Gasteiger partial charge in [0.1, 0.15) is 11.9 Å². The molecular weight excluding hydrogens is 277 g/mol. The summed E-state index contributed by atoms with van der Waals surface area (Å²) in [6.07, 6.45) is 1.01. The summed E-state index contributed by atoms with van der Waals surface area (Å²) in [7, 11) is 2.09. The molecule has 1 aromatic carbocycles. The maximum Gasteiger partial charge on any atom is 0.130 e. The summed E-state index contributed by atoms with van der Waals surface area (Å²) in [5.74, 6) is -0.406. The van der Waals surface area contributed by atoms with E-state index >= 15 is 0 Å². The van der Waals surface area contributed by atoms with Gasteiger partial charge in [-0.25, -0.2) is 4.39 Å². The van der Waals surface area contributed by atoms with E-state index < -0.39 is 11.9 Å². The van der Waals surface area contributed by atoms with Gasteiger partial charge in [-0.2, -0.15) is 5.26 Å². The Morgan fingerprint density at radius 3 is 2.85 bits per heavy atom. The van der Waals surface area contributed by atoms with E-state index in [-0.39, 0.29) is 0 Å². The predicted octanol–water partition coefficient (Wildman–Crippen LogP) is 3.07. The fourth-order valence-electron chi connectivity index (χ4n) is 2.75. The Morgan fingerprint density at radius 1 is 1.50 bits per heavy atom. The van der Waals surface area contributed by atoms with Crippen molar-refractivity contribution in [2.45, 2.75) is 25.4 Å². The summed E-state index contributed by atoms with van der Waals surface area (Å²) < 4.78 is 14.0. The lowest BCUT2D eigenvalue weighted by Crippen LogP contribution is -2.52. The van der Waals surface area contributed by atoms with Crippen molar-refractivity contribution in [3.05, 3.63) is 34.6 Å². The molecule has 2 unspecified atom stereocenters. The average molecular weight is 296 g/mol. The van der Waals surface area contributed by atoms with Gasteiger partial charge >= 0.3 is 0 Å². The van der Waals surface area contributed by atoms with Gasteiger partial charge in [0, 0.05) is 36.3 Å². The minimum Gasteiger partial charge on any atom is -0.301 e. The van der Waals surface area contributed by atoms with Crippen molar-refractivity contribution in [3.63, 3.8) is 0 Å². The molecule has 1 aliphatic heterocycles. The van der Waals surface area contributed by atoms with Gasteiger partial charge in [-0.3, -0.25) is 4.90 Å². The summed E-state index contributed by atoms with van der Waals surface area (Å²) in [4.78, 5) is 4.31. The van der Waals surface area contributed by atoms with E-state index in [1.807, 2.05) is 4.90 Å². The molecule has 0 N–H and O–H groups in total. The Bertz CT molecular complexity index is 494. The molecular formula is C15H19ClFN3. The van der Waals surface area contributed by atoms with Gasteiger partial charge in [0.25, 0.3) is 0 Å². The van der Waals surface area contributed by atoms with E-state index in [9.17, 15) is 9.65 Å². The van der Waals surface area contributed by atoms with Gasteiger partial charge in [0.05, 0.1) is 6.07 Å². The standard InChI is InChI=1S/C15H19ClFN3/c1-3-11-10-20(8-7-19(11)2)14(9-18)15-12(16)5-4-6-13(15)17/h4-6,11,14H,3,7-8,10H2,1-2H3. The number of likely N-dealkylation sites (N-methyl/N-ethyl adjacent to an activating group) is 1. The first-order valence-electron chi connectivity index (χ1n) is 6.86. The third kappa shape index (κ3) is 2.95. The molecule has 1 aromatic rings. The molecule has 0 amide bonds. The summed E-state index contributed by atoms with van der Waals surface area (Å²) in [5, 5.41) is 9.80. The number of rotatable bonds is 3. The maximum absolute atomic E-state index is 14.0. The molecule has 0 spiro atoms. The number of halogens is 2. The molecule has 1 saturated heterocycles. The molecule has 20 heavy (non-hydrogen) atoms. The molecule has 0 saturated carbocycles. The van der Waals surface area contributed by atoms with Crippen LogP contribution in [0.15, 0.2) is 18.2 Å².